The fraction of sp³-hybridized carbons (Fsp3) is 0.429. The van der Waals surface area contributed by atoms with Crippen molar-refractivity contribution < 1.29 is 19.4 Å². The lowest BCUT2D eigenvalue weighted by molar-refractivity contribution is -0.146. The molecule has 6 nitrogen and oxygen atoms in total. The van der Waals surface area contributed by atoms with Crippen LogP contribution in [0.1, 0.15) is 19.4 Å². The van der Waals surface area contributed by atoms with Crippen LogP contribution in [0.5, 0.6) is 5.75 Å². The van der Waals surface area contributed by atoms with Crippen LogP contribution >= 0.6 is 0 Å². The average Bonchev–Trinajstić information content (AvgIpc) is 2.37. The number of ether oxygens (including phenoxy) is 1. The number of hydrogen-bond donors (Lipinski definition) is 2. The zero-order valence-electron chi connectivity index (χ0n) is 12.4. The maximum atomic E-state index is 12.1. The summed E-state index contributed by atoms with van der Waals surface area (Å²) in [5.41, 5.74) is 0.160. The molecule has 0 aromatic heterocycles. The highest BCUT2D eigenvalue weighted by molar-refractivity contribution is 5.94. The lowest BCUT2D eigenvalue weighted by atomic mass is 10.0. The first-order chi connectivity index (χ1) is 9.20. The molecule has 1 rings (SSSR count). The molecule has 1 aromatic carbocycles. The number of nitrogens with one attached hydrogen (secondary N) is 1. The van der Waals surface area contributed by atoms with E-state index in [0.717, 1.165) is 10.5 Å². The maximum absolute atomic E-state index is 12.1. The van der Waals surface area contributed by atoms with Crippen LogP contribution in [0.4, 0.5) is 10.5 Å². The highest BCUT2D eigenvalue weighted by Crippen LogP contribution is 2.26. The van der Waals surface area contributed by atoms with Crippen molar-refractivity contribution in [3.63, 3.8) is 0 Å². The van der Waals surface area contributed by atoms with E-state index in [-0.39, 0.29) is 0 Å². The Labute approximate surface area is 118 Å². The van der Waals surface area contributed by atoms with Gasteiger partial charge in [0.1, 0.15) is 11.3 Å². The van der Waals surface area contributed by atoms with E-state index in [0.29, 0.717) is 11.4 Å². The molecule has 20 heavy (non-hydrogen) atoms. The Morgan fingerprint density at radius 2 is 1.95 bits per heavy atom. The van der Waals surface area contributed by atoms with Crippen LogP contribution < -0.4 is 10.1 Å². The number of amides is 2. The molecule has 0 aliphatic rings. The summed E-state index contributed by atoms with van der Waals surface area (Å²) in [4.78, 5) is 24.4. The monoisotopic (exact) mass is 280 g/mol. The van der Waals surface area contributed by atoms with E-state index in [9.17, 15) is 9.59 Å². The van der Waals surface area contributed by atoms with E-state index in [1.807, 2.05) is 13.0 Å². The minimum Gasteiger partial charge on any atom is -0.495 e. The van der Waals surface area contributed by atoms with Gasteiger partial charge in [0.15, 0.2) is 0 Å². The van der Waals surface area contributed by atoms with Crippen LogP contribution in [0.3, 0.4) is 0 Å². The summed E-state index contributed by atoms with van der Waals surface area (Å²) >= 11 is 0. The zero-order chi connectivity index (χ0) is 15.5. The third-order valence-corrected chi connectivity index (χ3v) is 3.26. The van der Waals surface area contributed by atoms with E-state index in [2.05, 4.69) is 5.32 Å². The first-order valence-corrected chi connectivity index (χ1v) is 6.13. The molecule has 0 saturated carbocycles. The number of aliphatic carboxylic acids is 1. The van der Waals surface area contributed by atoms with Gasteiger partial charge in [-0.3, -0.25) is 0 Å². The van der Waals surface area contributed by atoms with Crippen LogP contribution in [0.15, 0.2) is 18.2 Å². The number of nitrogens with zero attached hydrogens (tertiary/aromatic N) is 1. The Morgan fingerprint density at radius 1 is 1.35 bits per heavy atom. The Balaban J connectivity index is 2.96. The summed E-state index contributed by atoms with van der Waals surface area (Å²) in [6.07, 6.45) is 0. The van der Waals surface area contributed by atoms with E-state index in [4.69, 9.17) is 9.84 Å². The summed E-state index contributed by atoms with van der Waals surface area (Å²) in [7, 11) is 2.94. The van der Waals surface area contributed by atoms with Gasteiger partial charge in [-0.25, -0.2) is 9.59 Å². The number of likely N-dealkylation sites (N-methyl/N-ethyl adjacent to an activating group) is 1. The Hall–Kier alpha value is -2.24. The second-order valence-electron chi connectivity index (χ2n) is 5.06. The van der Waals surface area contributed by atoms with Crippen molar-refractivity contribution in [3.8, 4) is 5.75 Å². The minimum absolute atomic E-state index is 0.505. The Morgan fingerprint density at radius 3 is 2.45 bits per heavy atom. The van der Waals surface area contributed by atoms with Gasteiger partial charge in [0.2, 0.25) is 0 Å². The van der Waals surface area contributed by atoms with E-state index < -0.39 is 17.5 Å². The first kappa shape index (κ1) is 15.8. The number of carboxylic acid groups (broad SMARTS) is 1. The van der Waals surface area contributed by atoms with Crippen molar-refractivity contribution >= 4 is 17.7 Å². The van der Waals surface area contributed by atoms with Gasteiger partial charge in [-0.05, 0) is 38.5 Å². The van der Waals surface area contributed by atoms with Gasteiger partial charge in [-0.2, -0.15) is 0 Å². The van der Waals surface area contributed by atoms with Gasteiger partial charge in [-0.15, -0.1) is 0 Å². The topological polar surface area (TPSA) is 78.9 Å². The molecule has 0 heterocycles. The van der Waals surface area contributed by atoms with E-state index in [1.54, 1.807) is 12.1 Å². The number of benzene rings is 1. The number of anilines is 1. The smallest absolute Gasteiger partial charge is 0.329 e. The average molecular weight is 280 g/mol. The molecule has 0 bridgehead atoms. The van der Waals surface area contributed by atoms with Crippen molar-refractivity contribution in [2.24, 2.45) is 0 Å². The second-order valence-corrected chi connectivity index (χ2v) is 5.06. The summed E-state index contributed by atoms with van der Waals surface area (Å²) in [5, 5.41) is 11.8. The SMILES string of the molecule is COc1ccc(C)cc1NC(=O)N(C)C(C)(C)C(=O)O. The van der Waals surface area contributed by atoms with Crippen molar-refractivity contribution in [2.45, 2.75) is 26.3 Å². The molecule has 110 valence electrons. The molecule has 6 heteroatoms. The van der Waals surface area contributed by atoms with Crippen LogP contribution in [0.25, 0.3) is 0 Å². The van der Waals surface area contributed by atoms with E-state index in [1.165, 1.54) is 28.0 Å². The lowest BCUT2D eigenvalue weighted by Gasteiger charge is -2.31. The molecule has 0 aliphatic heterocycles. The van der Waals surface area contributed by atoms with Gasteiger partial charge >= 0.3 is 12.0 Å². The van der Waals surface area contributed by atoms with Crippen LogP contribution in [-0.2, 0) is 4.79 Å². The number of carbonyl (C=O) groups excluding carboxylic acids is 1. The second kappa shape index (κ2) is 5.81. The Bertz CT molecular complexity index is 526. The molecule has 0 radical (unpaired) electrons. The number of methoxy groups -OCH3 is 1. The molecule has 2 amide bonds. The van der Waals surface area contributed by atoms with Crippen LogP contribution in [-0.4, -0.2) is 41.7 Å². The quantitative estimate of drug-likeness (QED) is 0.887. The largest absolute Gasteiger partial charge is 0.495 e. The van der Waals surface area contributed by atoms with Gasteiger partial charge in [-0.1, -0.05) is 6.07 Å². The fourth-order valence-corrected chi connectivity index (χ4v) is 1.52. The molecule has 2 N–H and O–H groups in total. The molecule has 0 aliphatic carbocycles. The van der Waals surface area contributed by atoms with Crippen molar-refractivity contribution in [1.29, 1.82) is 0 Å². The van der Waals surface area contributed by atoms with Crippen molar-refractivity contribution in [1.82, 2.24) is 4.90 Å². The highest BCUT2D eigenvalue weighted by Gasteiger charge is 2.35. The fourth-order valence-electron chi connectivity index (χ4n) is 1.52. The maximum Gasteiger partial charge on any atom is 0.329 e. The molecule has 0 unspecified atom stereocenters. The predicted molar refractivity (Wildman–Crippen MR) is 76.2 cm³/mol. The van der Waals surface area contributed by atoms with Crippen LogP contribution in [0, 0.1) is 6.92 Å². The molecule has 0 spiro atoms. The normalized spacial score (nSPS) is 10.8. The number of carboxylic acids is 1. The summed E-state index contributed by atoms with van der Waals surface area (Å²) in [5.74, 6) is -0.558. The Kier molecular flexibility index (Phi) is 4.60. The van der Waals surface area contributed by atoms with Crippen LogP contribution in [0.2, 0.25) is 0 Å². The summed E-state index contributed by atoms with van der Waals surface area (Å²) < 4.78 is 5.16. The number of rotatable bonds is 4. The molecule has 0 saturated heterocycles. The number of hydrogen-bond acceptors (Lipinski definition) is 3. The molecular formula is C14H20N2O4. The van der Waals surface area contributed by atoms with Gasteiger partial charge in [0.25, 0.3) is 0 Å². The summed E-state index contributed by atoms with van der Waals surface area (Å²) in [6, 6.07) is 4.85. The number of aryl methyl sites for hydroxylation is 1. The van der Waals surface area contributed by atoms with E-state index >= 15 is 0 Å². The van der Waals surface area contributed by atoms with Gasteiger partial charge < -0.3 is 20.1 Å². The standard InChI is InChI=1S/C14H20N2O4/c1-9-6-7-11(20-5)10(8-9)15-13(19)16(4)14(2,3)12(17)18/h6-8H,1-5H3,(H,15,19)(H,17,18). The number of urea groups is 1. The molecule has 0 fully saturated rings. The molecule has 1 aromatic rings. The van der Waals surface area contributed by atoms with Gasteiger partial charge in [0, 0.05) is 7.05 Å². The highest BCUT2D eigenvalue weighted by atomic mass is 16.5. The van der Waals surface area contributed by atoms with Gasteiger partial charge in [0.05, 0.1) is 12.8 Å². The lowest BCUT2D eigenvalue weighted by Crippen LogP contribution is -2.52. The van der Waals surface area contributed by atoms with Crippen molar-refractivity contribution in [2.75, 3.05) is 19.5 Å². The minimum atomic E-state index is -1.30. The summed E-state index contributed by atoms with van der Waals surface area (Å²) in [6.45, 7) is 4.81. The zero-order valence-corrected chi connectivity index (χ0v) is 12.4. The number of carbonyl (C=O) groups is 2. The molecule has 0 atom stereocenters. The third kappa shape index (κ3) is 3.20. The third-order valence-electron chi connectivity index (χ3n) is 3.26. The van der Waals surface area contributed by atoms with Crippen molar-refractivity contribution in [3.05, 3.63) is 23.8 Å². The predicted octanol–water partition coefficient (Wildman–Crippen LogP) is 2.33. The molecular weight excluding hydrogens is 260 g/mol. The first-order valence-electron chi connectivity index (χ1n) is 6.13.